The normalized spacial score (nSPS) is 30.6. The molecule has 0 spiro atoms. The molecule has 1 heterocycles. The van der Waals surface area contributed by atoms with Crippen LogP contribution in [0.15, 0.2) is 0 Å². The molecule has 1 amide bonds. The van der Waals surface area contributed by atoms with Crippen molar-refractivity contribution >= 4 is 23.2 Å². The second-order valence-electron chi connectivity index (χ2n) is 3.96. The summed E-state index contributed by atoms with van der Waals surface area (Å²) >= 11 is 5.11. The molecule has 1 aliphatic carbocycles. The van der Waals surface area contributed by atoms with Gasteiger partial charge in [-0.25, -0.2) is 0 Å². The Morgan fingerprint density at radius 2 is 2.23 bits per heavy atom. The second-order valence-corrected chi connectivity index (χ2v) is 4.34. The Balaban J connectivity index is 2.12. The second kappa shape index (κ2) is 2.94. The molecule has 1 N–H and O–H groups in total. The van der Waals surface area contributed by atoms with Crippen LogP contribution in [0, 0.1) is 5.92 Å². The van der Waals surface area contributed by atoms with E-state index < -0.39 is 0 Å². The minimum absolute atomic E-state index is 0.129. The van der Waals surface area contributed by atoms with Gasteiger partial charge in [-0.15, -0.1) is 0 Å². The summed E-state index contributed by atoms with van der Waals surface area (Å²) in [4.78, 5) is 13.4. The maximum Gasteiger partial charge on any atom is 0.251 e. The van der Waals surface area contributed by atoms with E-state index in [0.717, 1.165) is 0 Å². The first kappa shape index (κ1) is 8.94. The molecular formula is C9H14N2OS. The van der Waals surface area contributed by atoms with Crippen LogP contribution >= 0.6 is 12.2 Å². The highest BCUT2D eigenvalue weighted by Gasteiger charge is 2.41. The predicted molar refractivity (Wildman–Crippen MR) is 54.2 cm³/mol. The van der Waals surface area contributed by atoms with Gasteiger partial charge in [-0.1, -0.05) is 0 Å². The van der Waals surface area contributed by atoms with Gasteiger partial charge in [-0.05, 0) is 44.8 Å². The average molecular weight is 198 g/mol. The number of hydrogen-bond donors (Lipinski definition) is 1. The zero-order valence-corrected chi connectivity index (χ0v) is 8.73. The van der Waals surface area contributed by atoms with E-state index in [1.807, 2.05) is 6.92 Å². The monoisotopic (exact) mass is 198 g/mol. The quantitative estimate of drug-likeness (QED) is 0.669. The summed E-state index contributed by atoms with van der Waals surface area (Å²) in [6.45, 7) is 3.94. The maximum atomic E-state index is 11.7. The Morgan fingerprint density at radius 1 is 1.62 bits per heavy atom. The minimum Gasteiger partial charge on any atom is -0.351 e. The van der Waals surface area contributed by atoms with E-state index in [2.05, 4.69) is 12.2 Å². The smallest absolute Gasteiger partial charge is 0.251 e. The number of rotatable bonds is 2. The minimum atomic E-state index is -0.131. The third-order valence-electron chi connectivity index (χ3n) is 2.88. The molecule has 2 fully saturated rings. The molecule has 0 radical (unpaired) electrons. The summed E-state index contributed by atoms with van der Waals surface area (Å²) in [5.41, 5.74) is 0. The zero-order chi connectivity index (χ0) is 9.59. The van der Waals surface area contributed by atoms with Crippen molar-refractivity contribution in [1.82, 2.24) is 10.2 Å². The lowest BCUT2D eigenvalue weighted by molar-refractivity contribution is -0.128. The highest BCUT2D eigenvalue weighted by Crippen LogP contribution is 2.36. The van der Waals surface area contributed by atoms with E-state index in [4.69, 9.17) is 12.2 Å². The molecular weight excluding hydrogens is 184 g/mol. The maximum absolute atomic E-state index is 11.7. The largest absolute Gasteiger partial charge is 0.351 e. The molecule has 1 aliphatic heterocycles. The van der Waals surface area contributed by atoms with Gasteiger partial charge < -0.3 is 5.32 Å². The van der Waals surface area contributed by atoms with Gasteiger partial charge in [-0.2, -0.15) is 0 Å². The van der Waals surface area contributed by atoms with Gasteiger partial charge in [0, 0.05) is 6.04 Å². The molecule has 3 nitrogen and oxygen atoms in total. The van der Waals surface area contributed by atoms with Crippen LogP contribution < -0.4 is 5.32 Å². The van der Waals surface area contributed by atoms with Crippen LogP contribution in [0.4, 0.5) is 0 Å². The molecule has 2 unspecified atom stereocenters. The first-order chi connectivity index (χ1) is 6.11. The summed E-state index contributed by atoms with van der Waals surface area (Å²) in [5, 5.41) is 3.60. The molecule has 0 aromatic rings. The fourth-order valence-corrected chi connectivity index (χ4v) is 2.23. The fraction of sp³-hybridized carbons (Fsp3) is 0.778. The molecule has 2 rings (SSSR count). The van der Waals surface area contributed by atoms with Gasteiger partial charge in [-0.3, -0.25) is 9.69 Å². The number of carbonyl (C=O) groups is 1. The van der Waals surface area contributed by atoms with Crippen molar-refractivity contribution < 1.29 is 4.79 Å². The lowest BCUT2D eigenvalue weighted by atomic mass is 10.2. The summed E-state index contributed by atoms with van der Waals surface area (Å²) < 4.78 is 0. The van der Waals surface area contributed by atoms with Gasteiger partial charge in [0.1, 0.15) is 6.04 Å². The number of thiocarbonyl (C=S) groups is 1. The highest BCUT2D eigenvalue weighted by molar-refractivity contribution is 7.80. The van der Waals surface area contributed by atoms with Crippen molar-refractivity contribution in [3.8, 4) is 0 Å². The van der Waals surface area contributed by atoms with Crippen molar-refractivity contribution in [2.45, 2.75) is 38.8 Å². The number of carbonyl (C=O) groups excluding carboxylic acids is 1. The Morgan fingerprint density at radius 3 is 2.62 bits per heavy atom. The van der Waals surface area contributed by atoms with Crippen LogP contribution in [0.1, 0.15) is 26.7 Å². The first-order valence-corrected chi connectivity index (χ1v) is 5.15. The Labute approximate surface area is 83.5 Å². The SMILES string of the molecule is CC1NC(=S)N(C(C)C2CC2)C1=O. The molecule has 0 aromatic heterocycles. The molecule has 1 saturated heterocycles. The molecule has 0 aromatic carbocycles. The van der Waals surface area contributed by atoms with Crippen molar-refractivity contribution in [2.24, 2.45) is 5.92 Å². The van der Waals surface area contributed by atoms with Crippen molar-refractivity contribution in [1.29, 1.82) is 0 Å². The Bertz CT molecular complexity index is 262. The number of nitrogens with one attached hydrogen (secondary N) is 1. The molecule has 2 atom stereocenters. The van der Waals surface area contributed by atoms with Gasteiger partial charge in [0.2, 0.25) is 0 Å². The molecule has 72 valence electrons. The Kier molecular flexibility index (Phi) is 2.02. The standard InChI is InChI=1S/C9H14N2OS/c1-5-8(12)11(9(13)10-5)6(2)7-3-4-7/h5-7H,3-4H2,1-2H3,(H,10,13). The lowest BCUT2D eigenvalue weighted by Crippen LogP contribution is -2.40. The third kappa shape index (κ3) is 1.43. The van der Waals surface area contributed by atoms with Gasteiger partial charge in [0.15, 0.2) is 5.11 Å². The third-order valence-corrected chi connectivity index (χ3v) is 3.19. The van der Waals surface area contributed by atoms with Crippen LogP contribution in [0.25, 0.3) is 0 Å². The van der Waals surface area contributed by atoms with Gasteiger partial charge in [0.25, 0.3) is 5.91 Å². The van der Waals surface area contributed by atoms with Crippen molar-refractivity contribution in [3.63, 3.8) is 0 Å². The topological polar surface area (TPSA) is 32.3 Å². The van der Waals surface area contributed by atoms with E-state index in [9.17, 15) is 4.79 Å². The highest BCUT2D eigenvalue weighted by atomic mass is 32.1. The molecule has 1 saturated carbocycles. The Hall–Kier alpha value is -0.640. The van der Waals surface area contributed by atoms with E-state index >= 15 is 0 Å². The van der Waals surface area contributed by atoms with Gasteiger partial charge in [0.05, 0.1) is 0 Å². The van der Waals surface area contributed by atoms with E-state index in [1.165, 1.54) is 12.8 Å². The first-order valence-electron chi connectivity index (χ1n) is 4.75. The summed E-state index contributed by atoms with van der Waals surface area (Å²) in [6, 6.07) is 0.158. The molecule has 4 heteroatoms. The van der Waals surface area contributed by atoms with Crippen LogP contribution in [0.2, 0.25) is 0 Å². The zero-order valence-electron chi connectivity index (χ0n) is 7.91. The molecule has 2 aliphatic rings. The van der Waals surface area contributed by atoms with Crippen LogP contribution in [0.3, 0.4) is 0 Å². The fourth-order valence-electron chi connectivity index (χ4n) is 1.80. The summed E-state index contributed by atoms with van der Waals surface area (Å²) in [6.07, 6.45) is 2.48. The van der Waals surface area contributed by atoms with Crippen molar-refractivity contribution in [2.75, 3.05) is 0 Å². The van der Waals surface area contributed by atoms with E-state index in [-0.39, 0.29) is 18.0 Å². The number of amides is 1. The molecule has 13 heavy (non-hydrogen) atoms. The average Bonchev–Trinajstić information content (AvgIpc) is 2.82. The van der Waals surface area contributed by atoms with E-state index in [1.54, 1.807) is 4.90 Å². The van der Waals surface area contributed by atoms with Gasteiger partial charge >= 0.3 is 0 Å². The van der Waals surface area contributed by atoms with Crippen LogP contribution in [-0.2, 0) is 4.79 Å². The summed E-state index contributed by atoms with van der Waals surface area (Å²) in [5.74, 6) is 0.804. The van der Waals surface area contributed by atoms with Crippen molar-refractivity contribution in [3.05, 3.63) is 0 Å². The van der Waals surface area contributed by atoms with Crippen LogP contribution in [0.5, 0.6) is 0 Å². The van der Waals surface area contributed by atoms with Crippen LogP contribution in [-0.4, -0.2) is 28.0 Å². The van der Waals surface area contributed by atoms with E-state index in [0.29, 0.717) is 11.0 Å². The number of hydrogen-bond acceptors (Lipinski definition) is 2. The summed E-state index contributed by atoms with van der Waals surface area (Å²) in [7, 11) is 0. The molecule has 0 bridgehead atoms. The number of nitrogens with zero attached hydrogens (tertiary/aromatic N) is 1. The lowest BCUT2D eigenvalue weighted by Gasteiger charge is -2.22. The predicted octanol–water partition coefficient (Wildman–Crippen LogP) is 0.890.